The molecule has 0 saturated carbocycles. The minimum Gasteiger partial charge on any atom is -0.493 e. The topological polar surface area (TPSA) is 88.5 Å². The van der Waals surface area contributed by atoms with Crippen molar-refractivity contribution in [2.45, 2.75) is 0 Å². The van der Waals surface area contributed by atoms with Crippen LogP contribution in [0.4, 0.5) is 0 Å². The van der Waals surface area contributed by atoms with E-state index in [2.05, 4.69) is 11.1 Å². The molecule has 1 aromatic heterocycles. The van der Waals surface area contributed by atoms with Crippen molar-refractivity contribution in [3.63, 3.8) is 0 Å². The van der Waals surface area contributed by atoms with Crippen LogP contribution >= 0.6 is 0 Å². The van der Waals surface area contributed by atoms with Crippen molar-refractivity contribution < 1.29 is 19.0 Å². The number of fused-ring (bicyclic) bond motifs is 1. The van der Waals surface area contributed by atoms with Crippen LogP contribution in [0.1, 0.15) is 11.1 Å². The molecule has 31 heavy (non-hydrogen) atoms. The van der Waals surface area contributed by atoms with E-state index in [0.717, 1.165) is 27.8 Å². The van der Waals surface area contributed by atoms with E-state index in [0.29, 0.717) is 23.0 Å². The van der Waals surface area contributed by atoms with Gasteiger partial charge in [-0.3, -0.25) is 0 Å². The highest BCUT2D eigenvalue weighted by molar-refractivity contribution is 5.90. The van der Waals surface area contributed by atoms with E-state index in [1.807, 2.05) is 54.6 Å². The fourth-order valence-electron chi connectivity index (χ4n) is 3.18. The molecule has 1 heterocycles. The van der Waals surface area contributed by atoms with Crippen molar-refractivity contribution in [1.82, 2.24) is 4.98 Å². The molecule has 0 radical (unpaired) electrons. The van der Waals surface area contributed by atoms with Gasteiger partial charge in [-0.15, -0.1) is 0 Å². The number of ether oxygens (including phenoxy) is 2. The molecule has 6 nitrogen and oxygen atoms in total. The summed E-state index contributed by atoms with van der Waals surface area (Å²) in [6.45, 7) is 0.102. The number of para-hydroxylation sites is 2. The molecular formula is C25H20N2O4. The molecule has 4 aromatic rings. The molecule has 0 aliphatic rings. The average molecular weight is 412 g/mol. The van der Waals surface area contributed by atoms with E-state index < -0.39 is 0 Å². The first-order valence-corrected chi connectivity index (χ1v) is 9.71. The van der Waals surface area contributed by atoms with Gasteiger partial charge < -0.3 is 19.0 Å². The van der Waals surface area contributed by atoms with Gasteiger partial charge in [0.1, 0.15) is 12.1 Å². The Hall–Kier alpha value is -4.08. The number of rotatable bonds is 7. The third kappa shape index (κ3) is 4.42. The van der Waals surface area contributed by atoms with E-state index in [4.69, 9.17) is 19.0 Å². The molecule has 0 bridgehead atoms. The van der Waals surface area contributed by atoms with Gasteiger partial charge >= 0.3 is 0 Å². The molecule has 6 heteroatoms. The fraction of sp³-hybridized carbons (Fsp3) is 0.120. The van der Waals surface area contributed by atoms with Crippen LogP contribution in [0.2, 0.25) is 0 Å². The Labute approximate surface area is 179 Å². The van der Waals surface area contributed by atoms with Crippen LogP contribution in [0.15, 0.2) is 71.1 Å². The van der Waals surface area contributed by atoms with Crippen LogP contribution in [0.5, 0.6) is 11.5 Å². The first-order valence-electron chi connectivity index (χ1n) is 9.71. The zero-order valence-corrected chi connectivity index (χ0v) is 16.9. The molecule has 4 rings (SSSR count). The fourth-order valence-corrected chi connectivity index (χ4v) is 3.18. The van der Waals surface area contributed by atoms with E-state index in [1.165, 1.54) is 0 Å². The number of hydrogen-bond acceptors (Lipinski definition) is 6. The smallest absolute Gasteiger partial charge is 0.227 e. The molecule has 0 aliphatic heterocycles. The molecule has 154 valence electrons. The van der Waals surface area contributed by atoms with Crippen LogP contribution in [0, 0.1) is 11.3 Å². The Morgan fingerprint density at radius 1 is 1.10 bits per heavy atom. The number of nitriles is 1. The summed E-state index contributed by atoms with van der Waals surface area (Å²) in [6, 6.07) is 22.8. The number of benzene rings is 3. The molecule has 0 unspecified atom stereocenters. The maximum Gasteiger partial charge on any atom is 0.227 e. The van der Waals surface area contributed by atoms with Crippen molar-refractivity contribution in [2.24, 2.45) is 0 Å². The van der Waals surface area contributed by atoms with E-state index in [1.54, 1.807) is 25.3 Å². The Morgan fingerprint density at radius 3 is 2.61 bits per heavy atom. The summed E-state index contributed by atoms with van der Waals surface area (Å²) < 4.78 is 16.6. The van der Waals surface area contributed by atoms with E-state index in [9.17, 15) is 5.26 Å². The molecule has 0 amide bonds. The number of aliphatic hydroxyl groups is 1. The maximum absolute atomic E-state index is 9.69. The summed E-state index contributed by atoms with van der Waals surface area (Å²) in [4.78, 5) is 4.51. The summed E-state index contributed by atoms with van der Waals surface area (Å²) in [7, 11) is 1.55. The predicted octanol–water partition coefficient (Wildman–Crippen LogP) is 4.94. The summed E-state index contributed by atoms with van der Waals surface area (Å²) in [5.74, 6) is 1.61. The Kier molecular flexibility index (Phi) is 5.97. The van der Waals surface area contributed by atoms with Crippen molar-refractivity contribution in [3.8, 4) is 29.0 Å². The molecule has 0 spiro atoms. The van der Waals surface area contributed by atoms with E-state index >= 15 is 0 Å². The molecule has 0 fully saturated rings. The zero-order chi connectivity index (χ0) is 21.6. The number of aliphatic hydroxyl groups excluding tert-OH is 1. The van der Waals surface area contributed by atoms with Crippen LogP contribution in [0.3, 0.4) is 0 Å². The zero-order valence-electron chi connectivity index (χ0n) is 16.9. The lowest BCUT2D eigenvalue weighted by molar-refractivity contribution is 0.196. The minimum atomic E-state index is -0.0804. The lowest BCUT2D eigenvalue weighted by Gasteiger charge is -2.10. The van der Waals surface area contributed by atoms with Crippen molar-refractivity contribution in [3.05, 3.63) is 77.9 Å². The van der Waals surface area contributed by atoms with E-state index in [-0.39, 0.29) is 13.2 Å². The number of aromatic nitrogens is 1. The van der Waals surface area contributed by atoms with Crippen molar-refractivity contribution >= 4 is 22.7 Å². The lowest BCUT2D eigenvalue weighted by atomic mass is 10.0. The number of hydrogen-bond donors (Lipinski definition) is 1. The highest BCUT2D eigenvalue weighted by Crippen LogP contribution is 2.30. The van der Waals surface area contributed by atoms with Gasteiger partial charge in [0.15, 0.2) is 17.1 Å². The van der Waals surface area contributed by atoms with Gasteiger partial charge in [0.25, 0.3) is 0 Å². The molecular weight excluding hydrogens is 392 g/mol. The first-order chi connectivity index (χ1) is 15.2. The SMILES string of the molecule is COc1cc(/C=C(/C#N)c2ccc(-c3nc4ccccc4o3)cc2)ccc1OCCO. The summed E-state index contributed by atoms with van der Waals surface area (Å²) in [5, 5.41) is 18.6. The number of nitrogens with zero attached hydrogens (tertiary/aromatic N) is 2. The average Bonchev–Trinajstić information content (AvgIpc) is 3.26. The van der Waals surface area contributed by atoms with Gasteiger partial charge in [-0.05, 0) is 53.6 Å². The summed E-state index contributed by atoms with van der Waals surface area (Å²) >= 11 is 0. The maximum atomic E-state index is 9.69. The second-order valence-electron chi connectivity index (χ2n) is 6.72. The molecule has 0 saturated heterocycles. The Balaban J connectivity index is 1.60. The molecule has 0 aliphatic carbocycles. The van der Waals surface area contributed by atoms with Crippen LogP contribution in [-0.4, -0.2) is 30.4 Å². The van der Waals surface area contributed by atoms with Gasteiger partial charge in [-0.1, -0.05) is 30.3 Å². The highest BCUT2D eigenvalue weighted by Gasteiger charge is 2.10. The van der Waals surface area contributed by atoms with Crippen LogP contribution < -0.4 is 9.47 Å². The molecule has 3 aromatic carbocycles. The number of methoxy groups -OCH3 is 1. The van der Waals surface area contributed by atoms with Crippen LogP contribution in [0.25, 0.3) is 34.2 Å². The Bertz CT molecular complexity index is 1230. The second-order valence-corrected chi connectivity index (χ2v) is 6.72. The number of allylic oxidation sites excluding steroid dienone is 1. The number of oxazole rings is 1. The predicted molar refractivity (Wildman–Crippen MR) is 119 cm³/mol. The highest BCUT2D eigenvalue weighted by atomic mass is 16.5. The third-order valence-corrected chi connectivity index (χ3v) is 4.70. The molecule has 1 N–H and O–H groups in total. The first kappa shape index (κ1) is 20.2. The quantitative estimate of drug-likeness (QED) is 0.342. The van der Waals surface area contributed by atoms with Gasteiger partial charge in [0, 0.05) is 5.56 Å². The van der Waals surface area contributed by atoms with Crippen molar-refractivity contribution in [2.75, 3.05) is 20.3 Å². The van der Waals surface area contributed by atoms with Crippen LogP contribution in [-0.2, 0) is 0 Å². The molecule has 0 atom stereocenters. The second kappa shape index (κ2) is 9.16. The monoisotopic (exact) mass is 412 g/mol. The van der Waals surface area contributed by atoms with Gasteiger partial charge in [0.2, 0.25) is 5.89 Å². The Morgan fingerprint density at radius 2 is 1.90 bits per heavy atom. The summed E-state index contributed by atoms with van der Waals surface area (Å²) in [6.07, 6.45) is 1.78. The van der Waals surface area contributed by atoms with Crippen molar-refractivity contribution in [1.29, 1.82) is 5.26 Å². The van der Waals surface area contributed by atoms with Gasteiger partial charge in [-0.25, -0.2) is 4.98 Å². The van der Waals surface area contributed by atoms with Gasteiger partial charge in [0.05, 0.1) is 25.4 Å². The standard InChI is InChI=1S/C25H20N2O4/c1-29-24-15-17(6-11-23(24)30-13-12-28)14-20(16-26)18-7-9-19(10-8-18)25-27-21-4-2-3-5-22(21)31-25/h2-11,14-15,28H,12-13H2,1H3/b20-14-. The minimum absolute atomic E-state index is 0.0804. The summed E-state index contributed by atoms with van der Waals surface area (Å²) in [5.41, 5.74) is 4.47. The largest absolute Gasteiger partial charge is 0.493 e. The normalized spacial score (nSPS) is 11.3. The van der Waals surface area contributed by atoms with Gasteiger partial charge in [-0.2, -0.15) is 5.26 Å². The third-order valence-electron chi connectivity index (χ3n) is 4.70. The lowest BCUT2D eigenvalue weighted by Crippen LogP contribution is -2.03.